The normalized spacial score (nSPS) is 11.3. The summed E-state index contributed by atoms with van der Waals surface area (Å²) in [5, 5.41) is 7.47. The van der Waals surface area contributed by atoms with Gasteiger partial charge in [-0.1, -0.05) is 6.07 Å². The highest BCUT2D eigenvalue weighted by Gasteiger charge is 2.06. The number of nitrogens with zero attached hydrogens (tertiary/aromatic N) is 2. The lowest BCUT2D eigenvalue weighted by Gasteiger charge is -2.12. The number of nitrogens with one attached hydrogen (secondary N) is 3. The average molecular weight is 467 g/mol. The largest absolute Gasteiger partial charge is 0.361 e. The molecule has 0 bridgehead atoms. The number of fused-ring (bicyclic) bond motifs is 1. The molecule has 1 aromatic carbocycles. The van der Waals surface area contributed by atoms with E-state index in [2.05, 4.69) is 25.6 Å². The molecule has 0 unspecified atom stereocenters. The molecular weight excluding hydrogens is 444 g/mol. The fourth-order valence-electron chi connectivity index (χ4n) is 2.76. The van der Waals surface area contributed by atoms with Gasteiger partial charge in [0.15, 0.2) is 5.96 Å². The predicted molar refractivity (Wildman–Crippen MR) is 115 cm³/mol. The minimum absolute atomic E-state index is 0. The zero-order valence-electron chi connectivity index (χ0n) is 14.8. The maximum atomic E-state index is 13.4. The molecule has 3 aromatic rings. The number of aromatic amines is 1. The lowest BCUT2D eigenvalue weighted by molar-refractivity contribution is 0.629. The summed E-state index contributed by atoms with van der Waals surface area (Å²) in [6, 6.07) is 8.76. The lowest BCUT2D eigenvalue weighted by Crippen LogP contribution is -2.38. The van der Waals surface area contributed by atoms with Gasteiger partial charge in [0.2, 0.25) is 0 Å². The Labute approximate surface area is 169 Å². The molecule has 2 heterocycles. The first-order chi connectivity index (χ1) is 12.2. The first kappa shape index (κ1) is 20.2. The van der Waals surface area contributed by atoms with Crippen LogP contribution in [-0.4, -0.2) is 29.5 Å². The summed E-state index contributed by atoms with van der Waals surface area (Å²) in [7, 11) is 1.74. The molecule has 3 N–H and O–H groups in total. The van der Waals surface area contributed by atoms with Gasteiger partial charge in [0, 0.05) is 36.9 Å². The van der Waals surface area contributed by atoms with E-state index in [1.807, 2.05) is 25.3 Å². The number of rotatable bonds is 5. The molecule has 0 aliphatic carbocycles. The molecule has 0 aliphatic rings. The molecule has 5 nitrogen and oxygen atoms in total. The summed E-state index contributed by atoms with van der Waals surface area (Å²) in [5.74, 6) is 0.501. The Morgan fingerprint density at radius 1 is 1.27 bits per heavy atom. The van der Waals surface area contributed by atoms with Crippen LogP contribution >= 0.6 is 24.0 Å². The van der Waals surface area contributed by atoms with Crippen molar-refractivity contribution < 1.29 is 4.39 Å². The van der Waals surface area contributed by atoms with Gasteiger partial charge in [0.25, 0.3) is 0 Å². The van der Waals surface area contributed by atoms with E-state index in [-0.39, 0.29) is 29.8 Å². The molecule has 138 valence electrons. The Balaban J connectivity index is 0.00000243. The fraction of sp³-hybridized carbons (Fsp3) is 0.263. The van der Waals surface area contributed by atoms with E-state index in [1.54, 1.807) is 25.4 Å². The van der Waals surface area contributed by atoms with Gasteiger partial charge in [0.05, 0.1) is 12.2 Å². The Morgan fingerprint density at radius 2 is 2.12 bits per heavy atom. The Morgan fingerprint density at radius 3 is 2.88 bits per heavy atom. The van der Waals surface area contributed by atoms with Gasteiger partial charge in [-0.3, -0.25) is 9.98 Å². The molecule has 3 rings (SSSR count). The van der Waals surface area contributed by atoms with Crippen LogP contribution in [-0.2, 0) is 13.0 Å². The smallest absolute Gasteiger partial charge is 0.191 e. The second kappa shape index (κ2) is 9.51. The van der Waals surface area contributed by atoms with E-state index in [4.69, 9.17) is 0 Å². The van der Waals surface area contributed by atoms with Crippen molar-refractivity contribution in [1.29, 1.82) is 0 Å². The Kier molecular flexibility index (Phi) is 7.38. The number of aliphatic imine (C=N–C) groups is 1. The van der Waals surface area contributed by atoms with E-state index >= 15 is 0 Å². The predicted octanol–water partition coefficient (Wildman–Crippen LogP) is 3.54. The maximum Gasteiger partial charge on any atom is 0.191 e. The molecule has 26 heavy (non-hydrogen) atoms. The number of aryl methyl sites for hydroxylation is 1. The Hall–Kier alpha value is -2.16. The molecule has 0 saturated heterocycles. The highest BCUT2D eigenvalue weighted by Crippen LogP contribution is 2.19. The molecule has 0 saturated carbocycles. The third-order valence-electron chi connectivity index (χ3n) is 4.18. The number of pyridine rings is 1. The van der Waals surface area contributed by atoms with E-state index < -0.39 is 0 Å². The highest BCUT2D eigenvalue weighted by atomic mass is 127. The second-order valence-corrected chi connectivity index (χ2v) is 5.87. The number of H-pyrrole nitrogens is 1. The van der Waals surface area contributed by atoms with Crippen molar-refractivity contribution >= 4 is 40.8 Å². The van der Waals surface area contributed by atoms with Crippen LogP contribution < -0.4 is 10.6 Å². The van der Waals surface area contributed by atoms with Gasteiger partial charge in [-0.25, -0.2) is 4.39 Å². The summed E-state index contributed by atoms with van der Waals surface area (Å²) in [5.41, 5.74) is 4.17. The summed E-state index contributed by atoms with van der Waals surface area (Å²) < 4.78 is 13.4. The second-order valence-electron chi connectivity index (χ2n) is 5.87. The average Bonchev–Trinajstić information content (AvgIpc) is 3.01. The van der Waals surface area contributed by atoms with Crippen molar-refractivity contribution in [2.24, 2.45) is 4.99 Å². The SMILES string of the molecule is CN=C(NCCc1c[nH]c2ccc(F)cc12)NCc1ncccc1C.I. The van der Waals surface area contributed by atoms with Gasteiger partial charge in [-0.2, -0.15) is 0 Å². The van der Waals surface area contributed by atoms with E-state index in [9.17, 15) is 4.39 Å². The molecule has 0 amide bonds. The van der Waals surface area contributed by atoms with Gasteiger partial charge in [-0.05, 0) is 48.7 Å². The van der Waals surface area contributed by atoms with Crippen LogP contribution in [0.15, 0.2) is 47.7 Å². The maximum absolute atomic E-state index is 13.4. The summed E-state index contributed by atoms with van der Waals surface area (Å²) >= 11 is 0. The molecule has 0 fully saturated rings. The number of benzene rings is 1. The van der Waals surface area contributed by atoms with Crippen molar-refractivity contribution in [3.8, 4) is 0 Å². The minimum atomic E-state index is -0.218. The quantitative estimate of drug-likeness (QED) is 0.306. The summed E-state index contributed by atoms with van der Waals surface area (Å²) in [4.78, 5) is 11.8. The van der Waals surface area contributed by atoms with Gasteiger partial charge < -0.3 is 15.6 Å². The van der Waals surface area contributed by atoms with Gasteiger partial charge in [-0.15, -0.1) is 24.0 Å². The van der Waals surface area contributed by atoms with E-state index in [1.165, 1.54) is 6.07 Å². The third-order valence-corrected chi connectivity index (χ3v) is 4.18. The van der Waals surface area contributed by atoms with Crippen LogP contribution in [0, 0.1) is 12.7 Å². The summed E-state index contributed by atoms with van der Waals surface area (Å²) in [6.07, 6.45) is 4.49. The molecule has 0 spiro atoms. The summed E-state index contributed by atoms with van der Waals surface area (Å²) in [6.45, 7) is 3.35. The van der Waals surface area contributed by atoms with Crippen LogP contribution in [0.25, 0.3) is 10.9 Å². The molecule has 0 atom stereocenters. The van der Waals surface area contributed by atoms with Crippen molar-refractivity contribution in [3.05, 3.63) is 65.4 Å². The van der Waals surface area contributed by atoms with E-state index in [0.29, 0.717) is 13.1 Å². The van der Waals surface area contributed by atoms with Crippen molar-refractivity contribution in [2.75, 3.05) is 13.6 Å². The minimum Gasteiger partial charge on any atom is -0.361 e. The van der Waals surface area contributed by atoms with Crippen molar-refractivity contribution in [2.45, 2.75) is 19.9 Å². The number of halogens is 2. The zero-order valence-corrected chi connectivity index (χ0v) is 17.2. The van der Waals surface area contributed by atoms with Crippen LogP contribution in [0.1, 0.15) is 16.8 Å². The topological polar surface area (TPSA) is 65.1 Å². The first-order valence-electron chi connectivity index (χ1n) is 8.28. The standard InChI is InChI=1S/C19H22FN5.HI/c1-13-4-3-8-22-18(13)12-25-19(21-2)23-9-7-14-11-24-17-6-5-15(20)10-16(14)17;/h3-6,8,10-11,24H,7,9,12H2,1-2H3,(H2,21,23,25);1H. The van der Waals surface area contributed by atoms with Crippen LogP contribution in [0.5, 0.6) is 0 Å². The Bertz CT molecular complexity index is 891. The fourth-order valence-corrected chi connectivity index (χ4v) is 2.76. The van der Waals surface area contributed by atoms with Crippen molar-refractivity contribution in [3.63, 3.8) is 0 Å². The van der Waals surface area contributed by atoms with Gasteiger partial charge in [0.1, 0.15) is 5.82 Å². The number of hydrogen-bond donors (Lipinski definition) is 3. The molecule has 7 heteroatoms. The molecule has 0 radical (unpaired) electrons. The molecular formula is C19H23FIN5. The molecule has 2 aromatic heterocycles. The van der Waals surface area contributed by atoms with Crippen LogP contribution in [0.3, 0.4) is 0 Å². The number of hydrogen-bond acceptors (Lipinski definition) is 2. The highest BCUT2D eigenvalue weighted by molar-refractivity contribution is 14.0. The molecule has 0 aliphatic heterocycles. The first-order valence-corrected chi connectivity index (χ1v) is 8.28. The zero-order chi connectivity index (χ0) is 17.6. The number of guanidine groups is 1. The van der Waals surface area contributed by atoms with E-state index in [0.717, 1.165) is 40.1 Å². The van der Waals surface area contributed by atoms with Crippen LogP contribution in [0.4, 0.5) is 4.39 Å². The van der Waals surface area contributed by atoms with Gasteiger partial charge >= 0.3 is 0 Å². The number of aromatic nitrogens is 2. The third kappa shape index (κ3) is 4.94. The monoisotopic (exact) mass is 467 g/mol. The van der Waals surface area contributed by atoms with Crippen LogP contribution in [0.2, 0.25) is 0 Å². The lowest BCUT2D eigenvalue weighted by atomic mass is 10.1. The van der Waals surface area contributed by atoms with Crippen molar-refractivity contribution in [1.82, 2.24) is 20.6 Å².